The molecule has 0 aliphatic carbocycles. The Morgan fingerprint density at radius 2 is 1.81 bits per heavy atom. The van der Waals surface area contributed by atoms with Gasteiger partial charge in [0.25, 0.3) is 0 Å². The van der Waals surface area contributed by atoms with Crippen molar-refractivity contribution in [3.8, 4) is 5.75 Å². The van der Waals surface area contributed by atoms with Gasteiger partial charge in [0.1, 0.15) is 18.5 Å². The van der Waals surface area contributed by atoms with Crippen molar-refractivity contribution >= 4 is 16.8 Å². The van der Waals surface area contributed by atoms with E-state index >= 15 is 0 Å². The van der Waals surface area contributed by atoms with Gasteiger partial charge in [-0.1, -0.05) is 24.3 Å². The zero-order valence-corrected chi connectivity index (χ0v) is 14.9. The van der Waals surface area contributed by atoms with Crippen LogP contribution in [0, 0.1) is 0 Å². The van der Waals surface area contributed by atoms with Crippen molar-refractivity contribution in [3.63, 3.8) is 0 Å². The second kappa shape index (κ2) is 7.58. The van der Waals surface area contributed by atoms with Crippen LogP contribution in [-0.2, 0) is 13.1 Å². The molecule has 0 saturated heterocycles. The van der Waals surface area contributed by atoms with E-state index in [1.807, 2.05) is 31.2 Å². The van der Waals surface area contributed by atoms with Crippen molar-refractivity contribution in [1.29, 1.82) is 0 Å². The molecule has 1 aromatic heterocycles. The third kappa shape index (κ3) is 3.55. The van der Waals surface area contributed by atoms with E-state index in [1.165, 1.54) is 6.92 Å². The van der Waals surface area contributed by atoms with Crippen molar-refractivity contribution in [1.82, 2.24) is 9.13 Å². The minimum Gasteiger partial charge on any atom is -0.491 e. The molecule has 3 aromatic rings. The number of aliphatic hydroxyl groups excluding tert-OH is 1. The zero-order valence-electron chi connectivity index (χ0n) is 14.9. The minimum atomic E-state index is -0.857. The molecule has 0 bridgehead atoms. The molecule has 1 atom stereocenters. The Hall–Kier alpha value is -2.86. The largest absolute Gasteiger partial charge is 0.491 e. The van der Waals surface area contributed by atoms with Gasteiger partial charge in [-0.3, -0.25) is 13.9 Å². The number of carbonyl (C=O) groups excluding carboxylic acids is 1. The first-order valence-electron chi connectivity index (χ1n) is 8.61. The van der Waals surface area contributed by atoms with E-state index in [-0.39, 0.29) is 24.6 Å². The van der Waals surface area contributed by atoms with Gasteiger partial charge < -0.3 is 9.84 Å². The summed E-state index contributed by atoms with van der Waals surface area (Å²) < 4.78 is 8.84. The highest BCUT2D eigenvalue weighted by atomic mass is 16.5. The van der Waals surface area contributed by atoms with Crippen molar-refractivity contribution in [2.75, 3.05) is 6.61 Å². The number of aryl methyl sites for hydroxylation is 1. The maximum absolute atomic E-state index is 12.6. The van der Waals surface area contributed by atoms with Crippen LogP contribution < -0.4 is 10.4 Å². The second-order valence-corrected chi connectivity index (χ2v) is 6.17. The fourth-order valence-corrected chi connectivity index (χ4v) is 3.02. The highest BCUT2D eigenvalue weighted by Crippen LogP contribution is 2.15. The quantitative estimate of drug-likeness (QED) is 0.662. The lowest BCUT2D eigenvalue weighted by atomic mass is 10.1. The third-order valence-electron chi connectivity index (χ3n) is 4.32. The molecular weight excluding hydrogens is 332 g/mol. The highest BCUT2D eigenvalue weighted by molar-refractivity contribution is 5.94. The van der Waals surface area contributed by atoms with E-state index in [9.17, 15) is 14.7 Å². The van der Waals surface area contributed by atoms with Crippen LogP contribution >= 0.6 is 0 Å². The number of aromatic nitrogens is 2. The molecule has 1 heterocycles. The standard InChI is InChI=1S/C20H22N2O4/c1-3-21-18-9-4-5-10-19(18)22(20(21)25)12-16(24)13-26-17-8-6-7-15(11-17)14(2)23/h4-11,16,24H,3,12-13H2,1-2H3. The number of para-hydroxylation sites is 2. The summed E-state index contributed by atoms with van der Waals surface area (Å²) >= 11 is 0. The molecule has 0 fully saturated rings. The molecular formula is C20H22N2O4. The number of benzene rings is 2. The van der Waals surface area contributed by atoms with E-state index in [2.05, 4.69) is 0 Å². The molecule has 0 aliphatic heterocycles. The molecule has 0 saturated carbocycles. The van der Waals surface area contributed by atoms with Gasteiger partial charge in [-0.05, 0) is 38.1 Å². The molecule has 0 radical (unpaired) electrons. The number of aliphatic hydroxyl groups is 1. The number of hydrogen-bond acceptors (Lipinski definition) is 4. The maximum Gasteiger partial charge on any atom is 0.329 e. The monoisotopic (exact) mass is 354 g/mol. The zero-order chi connectivity index (χ0) is 18.7. The Labute approximate surface area is 151 Å². The van der Waals surface area contributed by atoms with Crippen LogP contribution in [0.5, 0.6) is 5.75 Å². The summed E-state index contributed by atoms with van der Waals surface area (Å²) in [6.45, 7) is 4.14. The molecule has 2 aromatic carbocycles. The summed E-state index contributed by atoms with van der Waals surface area (Å²) in [5.74, 6) is 0.468. The van der Waals surface area contributed by atoms with E-state index in [0.29, 0.717) is 17.9 Å². The fourth-order valence-electron chi connectivity index (χ4n) is 3.02. The van der Waals surface area contributed by atoms with E-state index < -0.39 is 6.10 Å². The third-order valence-corrected chi connectivity index (χ3v) is 4.32. The van der Waals surface area contributed by atoms with Gasteiger partial charge in [0.05, 0.1) is 17.6 Å². The normalized spacial score (nSPS) is 12.3. The number of fused-ring (bicyclic) bond motifs is 1. The number of ketones is 1. The Bertz CT molecular complexity index is 987. The molecule has 3 rings (SSSR count). The molecule has 6 heteroatoms. The minimum absolute atomic E-state index is 0.0272. The Balaban J connectivity index is 1.75. The van der Waals surface area contributed by atoms with Crippen LogP contribution in [0.1, 0.15) is 24.2 Å². The van der Waals surface area contributed by atoms with Gasteiger partial charge in [-0.15, -0.1) is 0 Å². The number of nitrogens with zero attached hydrogens (tertiary/aromatic N) is 2. The summed E-state index contributed by atoms with van der Waals surface area (Å²) in [5.41, 5.74) is 2.05. The van der Waals surface area contributed by atoms with Gasteiger partial charge in [0, 0.05) is 12.1 Å². The predicted octanol–water partition coefficient (Wildman–Crippen LogP) is 2.47. The molecule has 1 unspecified atom stereocenters. The predicted molar refractivity (Wildman–Crippen MR) is 99.8 cm³/mol. The number of imidazole rings is 1. The van der Waals surface area contributed by atoms with Crippen LogP contribution in [-0.4, -0.2) is 32.7 Å². The Morgan fingerprint density at radius 3 is 2.46 bits per heavy atom. The average molecular weight is 354 g/mol. The first-order valence-corrected chi connectivity index (χ1v) is 8.61. The molecule has 0 amide bonds. The van der Waals surface area contributed by atoms with Gasteiger partial charge in [0.15, 0.2) is 5.78 Å². The average Bonchev–Trinajstić information content (AvgIpc) is 2.91. The van der Waals surface area contributed by atoms with E-state index in [1.54, 1.807) is 33.4 Å². The summed E-state index contributed by atoms with van der Waals surface area (Å²) in [7, 11) is 0. The van der Waals surface area contributed by atoms with Crippen LogP contribution in [0.3, 0.4) is 0 Å². The molecule has 0 spiro atoms. The number of rotatable bonds is 7. The first kappa shape index (κ1) is 17.9. The summed E-state index contributed by atoms with van der Waals surface area (Å²) in [5, 5.41) is 10.3. The summed E-state index contributed by atoms with van der Waals surface area (Å²) in [4.78, 5) is 24.0. The molecule has 136 valence electrons. The molecule has 1 N–H and O–H groups in total. The Morgan fingerprint density at radius 1 is 1.12 bits per heavy atom. The lowest BCUT2D eigenvalue weighted by Crippen LogP contribution is -2.31. The number of carbonyl (C=O) groups is 1. The number of ether oxygens (including phenoxy) is 1. The molecule has 0 aliphatic rings. The second-order valence-electron chi connectivity index (χ2n) is 6.17. The highest BCUT2D eigenvalue weighted by Gasteiger charge is 2.15. The van der Waals surface area contributed by atoms with E-state index in [0.717, 1.165) is 11.0 Å². The maximum atomic E-state index is 12.6. The summed E-state index contributed by atoms with van der Waals surface area (Å²) in [6.07, 6.45) is -0.857. The van der Waals surface area contributed by atoms with Gasteiger partial charge in [0.2, 0.25) is 0 Å². The fraction of sp³-hybridized carbons (Fsp3) is 0.300. The van der Waals surface area contributed by atoms with Crippen molar-refractivity contribution in [2.45, 2.75) is 33.0 Å². The van der Waals surface area contributed by atoms with Crippen LogP contribution in [0.2, 0.25) is 0 Å². The van der Waals surface area contributed by atoms with Crippen molar-refractivity contribution < 1.29 is 14.6 Å². The smallest absolute Gasteiger partial charge is 0.329 e. The van der Waals surface area contributed by atoms with Crippen LogP contribution in [0.15, 0.2) is 53.3 Å². The topological polar surface area (TPSA) is 73.5 Å². The van der Waals surface area contributed by atoms with E-state index in [4.69, 9.17) is 4.74 Å². The lowest BCUT2D eigenvalue weighted by molar-refractivity contribution is 0.0923. The van der Waals surface area contributed by atoms with Gasteiger partial charge in [-0.25, -0.2) is 4.79 Å². The first-order chi connectivity index (χ1) is 12.5. The lowest BCUT2D eigenvalue weighted by Gasteiger charge is -2.13. The van der Waals surface area contributed by atoms with Crippen molar-refractivity contribution in [3.05, 3.63) is 64.6 Å². The number of hydrogen-bond donors (Lipinski definition) is 1. The van der Waals surface area contributed by atoms with Crippen molar-refractivity contribution in [2.24, 2.45) is 0 Å². The summed E-state index contributed by atoms with van der Waals surface area (Å²) in [6, 6.07) is 14.3. The van der Waals surface area contributed by atoms with Gasteiger partial charge in [-0.2, -0.15) is 0 Å². The van der Waals surface area contributed by atoms with Crippen LogP contribution in [0.4, 0.5) is 0 Å². The molecule has 26 heavy (non-hydrogen) atoms. The molecule has 6 nitrogen and oxygen atoms in total. The number of Topliss-reactive ketones (excluding diaryl/α,β-unsaturated/α-hetero) is 1. The van der Waals surface area contributed by atoms with Gasteiger partial charge >= 0.3 is 5.69 Å². The Kier molecular flexibility index (Phi) is 5.23. The SMILES string of the molecule is CCn1c(=O)n(CC(O)COc2cccc(C(C)=O)c2)c2ccccc21. The van der Waals surface area contributed by atoms with Crippen LogP contribution in [0.25, 0.3) is 11.0 Å².